The van der Waals surface area contributed by atoms with E-state index in [1.807, 2.05) is 23.1 Å². The average Bonchev–Trinajstić information content (AvgIpc) is 2.70. The molecule has 3 rings (SSSR count). The Bertz CT molecular complexity index is 564. The highest BCUT2D eigenvalue weighted by Crippen LogP contribution is 2.23. The summed E-state index contributed by atoms with van der Waals surface area (Å²) in [7, 11) is 0. The third kappa shape index (κ3) is 5.94. The number of urea groups is 1. The number of likely N-dealkylation sites (tertiary alicyclic amines) is 2. The summed E-state index contributed by atoms with van der Waals surface area (Å²) in [6.07, 6.45) is 5.46. The van der Waals surface area contributed by atoms with Gasteiger partial charge < -0.3 is 20.2 Å². The zero-order valence-corrected chi connectivity index (χ0v) is 16.6. The third-order valence-corrected chi connectivity index (χ3v) is 6.11. The Balaban J connectivity index is 1.38. The number of nitrogens with one attached hydrogen (secondary N) is 1. The van der Waals surface area contributed by atoms with Crippen LogP contribution >= 0.6 is 0 Å². The predicted molar refractivity (Wildman–Crippen MR) is 109 cm³/mol. The number of piperidine rings is 2. The Hall–Kier alpha value is -1.59. The fourth-order valence-electron chi connectivity index (χ4n) is 4.39. The molecule has 2 aliphatic rings. The summed E-state index contributed by atoms with van der Waals surface area (Å²) in [5.41, 5.74) is 1.18. The molecule has 2 saturated heterocycles. The van der Waals surface area contributed by atoms with Crippen molar-refractivity contribution in [3.05, 3.63) is 35.9 Å². The predicted octanol–water partition coefficient (Wildman–Crippen LogP) is 2.89. The molecule has 0 aliphatic carbocycles. The van der Waals surface area contributed by atoms with E-state index in [4.69, 9.17) is 0 Å². The van der Waals surface area contributed by atoms with Gasteiger partial charge in [0, 0.05) is 32.2 Å². The molecule has 5 heteroatoms. The molecule has 2 N–H and O–H groups in total. The van der Waals surface area contributed by atoms with Crippen molar-refractivity contribution in [2.75, 3.05) is 32.7 Å². The lowest BCUT2D eigenvalue weighted by atomic mass is 9.88. The number of amides is 2. The number of aliphatic hydroxyl groups is 1. The standard InChI is InChI=1S/C22H35N3O2/c1-2-12-24-13-10-20(11-14-24)23-22(27)25-15-8-19(9-16-25)21(26)17-18-6-4-3-5-7-18/h3-7,19-21,26H,2,8-17H2,1H3,(H,23,27)/t21-/m1/s1. The maximum atomic E-state index is 12.6. The summed E-state index contributed by atoms with van der Waals surface area (Å²) in [4.78, 5) is 17.0. The Morgan fingerprint density at radius 3 is 2.41 bits per heavy atom. The molecule has 1 aromatic rings. The van der Waals surface area contributed by atoms with Gasteiger partial charge in [-0.05, 0) is 56.6 Å². The molecular formula is C22H35N3O2. The maximum Gasteiger partial charge on any atom is 0.317 e. The van der Waals surface area contributed by atoms with Crippen LogP contribution in [0.5, 0.6) is 0 Å². The van der Waals surface area contributed by atoms with Crippen LogP contribution in [0, 0.1) is 5.92 Å². The van der Waals surface area contributed by atoms with Crippen LogP contribution in [-0.2, 0) is 6.42 Å². The van der Waals surface area contributed by atoms with E-state index < -0.39 is 0 Å². The molecule has 1 aromatic carbocycles. The van der Waals surface area contributed by atoms with Crippen LogP contribution in [0.15, 0.2) is 30.3 Å². The van der Waals surface area contributed by atoms with Crippen LogP contribution in [0.1, 0.15) is 44.6 Å². The molecule has 27 heavy (non-hydrogen) atoms. The SMILES string of the molecule is CCCN1CCC(NC(=O)N2CCC([C@H](O)Cc3ccccc3)CC2)CC1. The van der Waals surface area contributed by atoms with E-state index in [-0.39, 0.29) is 18.1 Å². The van der Waals surface area contributed by atoms with Crippen molar-refractivity contribution in [3.8, 4) is 0 Å². The lowest BCUT2D eigenvalue weighted by Crippen LogP contribution is -2.51. The molecule has 0 spiro atoms. The fraction of sp³-hybridized carbons (Fsp3) is 0.682. The van der Waals surface area contributed by atoms with Crippen LogP contribution in [-0.4, -0.2) is 65.8 Å². The highest BCUT2D eigenvalue weighted by Gasteiger charge is 2.29. The van der Waals surface area contributed by atoms with E-state index in [1.54, 1.807) is 0 Å². The summed E-state index contributed by atoms with van der Waals surface area (Å²) >= 11 is 0. The quantitative estimate of drug-likeness (QED) is 0.806. The first-order valence-corrected chi connectivity index (χ1v) is 10.7. The molecule has 2 aliphatic heterocycles. The van der Waals surface area contributed by atoms with Crippen LogP contribution in [0.4, 0.5) is 4.79 Å². The van der Waals surface area contributed by atoms with Crippen LogP contribution in [0.2, 0.25) is 0 Å². The van der Waals surface area contributed by atoms with Crippen molar-refractivity contribution in [1.29, 1.82) is 0 Å². The van der Waals surface area contributed by atoms with Crippen LogP contribution < -0.4 is 5.32 Å². The number of carbonyl (C=O) groups is 1. The monoisotopic (exact) mass is 373 g/mol. The van der Waals surface area contributed by atoms with E-state index in [0.717, 1.165) is 51.9 Å². The van der Waals surface area contributed by atoms with E-state index in [1.165, 1.54) is 18.5 Å². The Kier molecular flexibility index (Phi) is 7.53. The van der Waals surface area contributed by atoms with Gasteiger partial charge >= 0.3 is 6.03 Å². The number of aliphatic hydroxyl groups excluding tert-OH is 1. The summed E-state index contributed by atoms with van der Waals surface area (Å²) in [5, 5.41) is 13.8. The normalized spacial score (nSPS) is 21.2. The second-order valence-corrected chi connectivity index (χ2v) is 8.15. The first-order chi connectivity index (χ1) is 13.2. The number of benzene rings is 1. The van der Waals surface area contributed by atoms with Crippen LogP contribution in [0.25, 0.3) is 0 Å². The van der Waals surface area contributed by atoms with Crippen molar-refractivity contribution >= 4 is 6.03 Å². The van der Waals surface area contributed by atoms with Gasteiger partial charge in [-0.3, -0.25) is 0 Å². The van der Waals surface area contributed by atoms with Gasteiger partial charge in [-0.15, -0.1) is 0 Å². The molecule has 0 bridgehead atoms. The van der Waals surface area contributed by atoms with Gasteiger partial charge in [-0.25, -0.2) is 4.79 Å². The van der Waals surface area contributed by atoms with E-state index >= 15 is 0 Å². The minimum Gasteiger partial charge on any atom is -0.392 e. The second kappa shape index (κ2) is 10.1. The van der Waals surface area contributed by atoms with Crippen molar-refractivity contribution in [1.82, 2.24) is 15.1 Å². The van der Waals surface area contributed by atoms with Crippen molar-refractivity contribution < 1.29 is 9.90 Å². The van der Waals surface area contributed by atoms with Crippen molar-refractivity contribution in [2.24, 2.45) is 5.92 Å². The zero-order chi connectivity index (χ0) is 19.1. The molecular weight excluding hydrogens is 338 g/mol. The number of carbonyl (C=O) groups excluding carboxylic acids is 1. The van der Waals surface area contributed by atoms with Gasteiger partial charge in [0.1, 0.15) is 0 Å². The number of hydrogen-bond donors (Lipinski definition) is 2. The molecule has 150 valence electrons. The molecule has 0 radical (unpaired) electrons. The molecule has 5 nitrogen and oxygen atoms in total. The van der Waals surface area contributed by atoms with Crippen molar-refractivity contribution in [2.45, 2.75) is 57.6 Å². The van der Waals surface area contributed by atoms with Gasteiger partial charge in [0.05, 0.1) is 6.10 Å². The van der Waals surface area contributed by atoms with Gasteiger partial charge in [-0.2, -0.15) is 0 Å². The van der Waals surface area contributed by atoms with Crippen LogP contribution in [0.3, 0.4) is 0 Å². The smallest absolute Gasteiger partial charge is 0.317 e. The first-order valence-electron chi connectivity index (χ1n) is 10.7. The van der Waals surface area contributed by atoms with Crippen molar-refractivity contribution in [3.63, 3.8) is 0 Å². The minimum absolute atomic E-state index is 0.0833. The maximum absolute atomic E-state index is 12.6. The summed E-state index contributed by atoms with van der Waals surface area (Å²) in [5.74, 6) is 0.284. The number of hydrogen-bond acceptors (Lipinski definition) is 3. The van der Waals surface area contributed by atoms with E-state index in [0.29, 0.717) is 12.5 Å². The fourth-order valence-corrected chi connectivity index (χ4v) is 4.39. The molecule has 2 heterocycles. The lowest BCUT2D eigenvalue weighted by molar-refractivity contribution is 0.0662. The summed E-state index contributed by atoms with van der Waals surface area (Å²) in [6, 6.07) is 10.6. The number of rotatable bonds is 6. The van der Waals surface area contributed by atoms with E-state index in [9.17, 15) is 9.90 Å². The number of nitrogens with zero attached hydrogens (tertiary/aromatic N) is 2. The summed E-state index contributed by atoms with van der Waals surface area (Å²) < 4.78 is 0. The van der Waals surface area contributed by atoms with Gasteiger partial charge in [0.2, 0.25) is 0 Å². The molecule has 0 unspecified atom stereocenters. The van der Waals surface area contributed by atoms with Gasteiger partial charge in [-0.1, -0.05) is 37.3 Å². The second-order valence-electron chi connectivity index (χ2n) is 8.15. The Morgan fingerprint density at radius 1 is 1.11 bits per heavy atom. The Morgan fingerprint density at radius 2 is 1.78 bits per heavy atom. The van der Waals surface area contributed by atoms with Gasteiger partial charge in [0.25, 0.3) is 0 Å². The minimum atomic E-state index is -0.319. The topological polar surface area (TPSA) is 55.8 Å². The average molecular weight is 374 g/mol. The zero-order valence-electron chi connectivity index (χ0n) is 16.6. The highest BCUT2D eigenvalue weighted by molar-refractivity contribution is 5.74. The molecule has 2 fully saturated rings. The first kappa shape index (κ1) is 20.2. The van der Waals surface area contributed by atoms with Gasteiger partial charge in [0.15, 0.2) is 0 Å². The van der Waals surface area contributed by atoms with E-state index in [2.05, 4.69) is 29.3 Å². The molecule has 0 saturated carbocycles. The summed E-state index contributed by atoms with van der Waals surface area (Å²) in [6.45, 7) is 7.06. The third-order valence-electron chi connectivity index (χ3n) is 6.11. The lowest BCUT2D eigenvalue weighted by Gasteiger charge is -2.37. The Labute approximate surface area is 163 Å². The highest BCUT2D eigenvalue weighted by atomic mass is 16.3. The molecule has 0 aromatic heterocycles. The molecule has 2 amide bonds. The largest absolute Gasteiger partial charge is 0.392 e. The molecule has 1 atom stereocenters.